The first-order chi connectivity index (χ1) is 7.93. The molecule has 0 radical (unpaired) electrons. The molecule has 94 valence electrons. The zero-order valence-electron chi connectivity index (χ0n) is 9.31. The van der Waals surface area contributed by atoms with Crippen molar-refractivity contribution in [1.29, 1.82) is 0 Å². The van der Waals surface area contributed by atoms with Crippen molar-refractivity contribution in [2.45, 2.75) is 30.5 Å². The Morgan fingerprint density at radius 2 is 1.88 bits per heavy atom. The summed E-state index contributed by atoms with van der Waals surface area (Å²) in [6.07, 6.45) is -0.924. The number of sulfonamides is 1. The Morgan fingerprint density at radius 1 is 1.29 bits per heavy atom. The number of alkyl halides is 1. The molecule has 0 saturated carbocycles. The number of hydrogen-bond donors (Lipinski definition) is 0. The van der Waals surface area contributed by atoms with Gasteiger partial charge in [0.2, 0.25) is 10.0 Å². The lowest BCUT2D eigenvalue weighted by Crippen LogP contribution is -2.36. The molecule has 0 bridgehead atoms. The molecule has 0 spiro atoms. The van der Waals surface area contributed by atoms with Crippen molar-refractivity contribution in [2.75, 3.05) is 6.54 Å². The largest absolute Gasteiger partial charge is 0.246 e. The summed E-state index contributed by atoms with van der Waals surface area (Å²) in [5, 5.41) is 0. The molecular formula is C11H13F2NO2S. The van der Waals surface area contributed by atoms with Crippen LogP contribution in [0, 0.1) is 5.82 Å². The maximum Gasteiger partial charge on any atom is 0.243 e. The Morgan fingerprint density at radius 3 is 2.35 bits per heavy atom. The Balaban J connectivity index is 2.34. The van der Waals surface area contributed by atoms with Gasteiger partial charge in [-0.2, -0.15) is 4.31 Å². The molecule has 1 saturated heterocycles. The van der Waals surface area contributed by atoms with Crippen LogP contribution in [0.1, 0.15) is 13.3 Å². The molecule has 2 atom stereocenters. The summed E-state index contributed by atoms with van der Waals surface area (Å²) in [6.45, 7) is 1.71. The van der Waals surface area contributed by atoms with E-state index in [1.165, 1.54) is 12.1 Å². The molecule has 1 aliphatic heterocycles. The van der Waals surface area contributed by atoms with Crippen molar-refractivity contribution in [2.24, 2.45) is 0 Å². The van der Waals surface area contributed by atoms with Crippen LogP contribution < -0.4 is 0 Å². The van der Waals surface area contributed by atoms with Gasteiger partial charge in [-0.3, -0.25) is 0 Å². The van der Waals surface area contributed by atoms with Crippen LogP contribution in [0.5, 0.6) is 0 Å². The van der Waals surface area contributed by atoms with Gasteiger partial charge in [-0.15, -0.1) is 0 Å². The lowest BCUT2D eigenvalue weighted by Gasteiger charge is -2.21. The molecule has 6 heteroatoms. The third-order valence-electron chi connectivity index (χ3n) is 3.02. The molecule has 17 heavy (non-hydrogen) atoms. The predicted octanol–water partition coefficient (Wildman–Crippen LogP) is 1.95. The molecule has 1 aromatic rings. The van der Waals surface area contributed by atoms with Crippen molar-refractivity contribution in [3.63, 3.8) is 0 Å². The zero-order valence-corrected chi connectivity index (χ0v) is 10.1. The van der Waals surface area contributed by atoms with Gasteiger partial charge in [-0.1, -0.05) is 0 Å². The van der Waals surface area contributed by atoms with Crippen LogP contribution >= 0.6 is 0 Å². The zero-order chi connectivity index (χ0) is 12.6. The van der Waals surface area contributed by atoms with Gasteiger partial charge >= 0.3 is 0 Å². The highest BCUT2D eigenvalue weighted by Crippen LogP contribution is 2.27. The van der Waals surface area contributed by atoms with Gasteiger partial charge < -0.3 is 0 Å². The predicted molar refractivity (Wildman–Crippen MR) is 59.3 cm³/mol. The number of halogens is 2. The van der Waals surface area contributed by atoms with Crippen molar-refractivity contribution in [3.05, 3.63) is 30.1 Å². The quantitative estimate of drug-likeness (QED) is 0.816. The number of rotatable bonds is 2. The SMILES string of the molecule is C[C@H]1[C@H](F)CCN1S(=O)(=O)c1ccc(F)cc1. The van der Waals surface area contributed by atoms with E-state index in [2.05, 4.69) is 0 Å². The molecule has 1 aromatic carbocycles. The summed E-state index contributed by atoms with van der Waals surface area (Å²) in [5.74, 6) is -0.498. The van der Waals surface area contributed by atoms with Gasteiger partial charge in [0.25, 0.3) is 0 Å². The van der Waals surface area contributed by atoms with Gasteiger partial charge in [0, 0.05) is 6.54 Å². The molecule has 0 aromatic heterocycles. The van der Waals surface area contributed by atoms with Crippen molar-refractivity contribution >= 4 is 10.0 Å². The van der Waals surface area contributed by atoms with Crippen LogP contribution in [-0.2, 0) is 10.0 Å². The summed E-state index contributed by atoms with van der Waals surface area (Å²) in [7, 11) is -3.71. The average molecular weight is 261 g/mol. The minimum absolute atomic E-state index is 0.000139. The first-order valence-electron chi connectivity index (χ1n) is 5.34. The van der Waals surface area contributed by atoms with Crippen molar-refractivity contribution < 1.29 is 17.2 Å². The van der Waals surface area contributed by atoms with Gasteiger partial charge in [0.15, 0.2) is 0 Å². The fourth-order valence-corrected chi connectivity index (χ4v) is 3.62. The lowest BCUT2D eigenvalue weighted by molar-refractivity contribution is 0.274. The van der Waals surface area contributed by atoms with Crippen molar-refractivity contribution in [3.8, 4) is 0 Å². The molecule has 0 amide bonds. The minimum Gasteiger partial charge on any atom is -0.246 e. The summed E-state index contributed by atoms with van der Waals surface area (Å²) < 4.78 is 51.4. The van der Waals surface area contributed by atoms with E-state index in [9.17, 15) is 17.2 Å². The van der Waals surface area contributed by atoms with E-state index in [-0.39, 0.29) is 17.9 Å². The molecule has 3 nitrogen and oxygen atoms in total. The van der Waals surface area contributed by atoms with E-state index in [0.29, 0.717) is 0 Å². The van der Waals surface area contributed by atoms with E-state index in [4.69, 9.17) is 0 Å². The monoisotopic (exact) mass is 261 g/mol. The van der Waals surface area contributed by atoms with Gasteiger partial charge in [-0.25, -0.2) is 17.2 Å². The maximum atomic E-state index is 13.3. The van der Waals surface area contributed by atoms with Crippen LogP contribution in [0.15, 0.2) is 29.2 Å². The van der Waals surface area contributed by atoms with Crippen LogP contribution in [0.2, 0.25) is 0 Å². The summed E-state index contributed by atoms with van der Waals surface area (Å²) in [6, 6.07) is 3.90. The van der Waals surface area contributed by atoms with Gasteiger partial charge in [-0.05, 0) is 37.6 Å². The molecule has 1 heterocycles. The number of nitrogens with zero attached hydrogens (tertiary/aromatic N) is 1. The second-order valence-electron chi connectivity index (χ2n) is 4.11. The Labute approximate surface area is 99.1 Å². The highest BCUT2D eigenvalue weighted by atomic mass is 32.2. The Hall–Kier alpha value is -1.01. The van der Waals surface area contributed by atoms with Crippen LogP contribution in [0.25, 0.3) is 0 Å². The lowest BCUT2D eigenvalue weighted by atomic mass is 10.2. The van der Waals surface area contributed by atoms with Crippen LogP contribution in [0.3, 0.4) is 0 Å². The van der Waals surface area contributed by atoms with Crippen molar-refractivity contribution in [1.82, 2.24) is 4.31 Å². The molecule has 0 unspecified atom stereocenters. The molecular weight excluding hydrogens is 248 g/mol. The standard InChI is InChI=1S/C11H13F2NO2S/c1-8-11(13)6-7-14(8)17(15,16)10-4-2-9(12)3-5-10/h2-5,8,11H,6-7H2,1H3/t8-,11+/m0/s1. The van der Waals surface area contributed by atoms with Gasteiger partial charge in [0.1, 0.15) is 12.0 Å². The minimum atomic E-state index is -3.71. The summed E-state index contributed by atoms with van der Waals surface area (Å²) in [4.78, 5) is -0.000139. The van der Waals surface area contributed by atoms with E-state index < -0.39 is 28.1 Å². The first-order valence-corrected chi connectivity index (χ1v) is 6.78. The second-order valence-corrected chi connectivity index (χ2v) is 6.01. The molecule has 1 fully saturated rings. The van der Waals surface area contributed by atoms with E-state index in [0.717, 1.165) is 16.4 Å². The molecule has 0 N–H and O–H groups in total. The fraction of sp³-hybridized carbons (Fsp3) is 0.455. The highest BCUT2D eigenvalue weighted by Gasteiger charge is 2.38. The maximum absolute atomic E-state index is 13.3. The fourth-order valence-electron chi connectivity index (χ4n) is 1.96. The summed E-state index contributed by atoms with van der Waals surface area (Å²) in [5.41, 5.74) is 0. The molecule has 2 rings (SSSR count). The van der Waals surface area contributed by atoms with E-state index >= 15 is 0 Å². The van der Waals surface area contributed by atoms with E-state index in [1.54, 1.807) is 6.92 Å². The average Bonchev–Trinajstić information content (AvgIpc) is 2.61. The second kappa shape index (κ2) is 4.34. The summed E-state index contributed by atoms with van der Waals surface area (Å²) >= 11 is 0. The number of hydrogen-bond acceptors (Lipinski definition) is 2. The smallest absolute Gasteiger partial charge is 0.243 e. The Bertz CT molecular complexity index is 501. The van der Waals surface area contributed by atoms with Gasteiger partial charge in [0.05, 0.1) is 10.9 Å². The third kappa shape index (κ3) is 2.19. The highest BCUT2D eigenvalue weighted by molar-refractivity contribution is 7.89. The molecule has 0 aliphatic carbocycles. The molecule has 1 aliphatic rings. The first kappa shape index (κ1) is 12.4. The topological polar surface area (TPSA) is 37.4 Å². The van der Waals surface area contributed by atoms with E-state index in [1.807, 2.05) is 0 Å². The Kier molecular flexibility index (Phi) is 3.18. The normalized spacial score (nSPS) is 26.3. The van der Waals surface area contributed by atoms with Crippen LogP contribution in [0.4, 0.5) is 8.78 Å². The number of benzene rings is 1. The van der Waals surface area contributed by atoms with Crippen LogP contribution in [-0.4, -0.2) is 31.5 Å². The third-order valence-corrected chi connectivity index (χ3v) is 5.02.